The molecule has 1 spiro atoms. The molecule has 1 aliphatic carbocycles. The van der Waals surface area contributed by atoms with Gasteiger partial charge < -0.3 is 10.1 Å². The van der Waals surface area contributed by atoms with Crippen LogP contribution in [0.2, 0.25) is 0 Å². The fourth-order valence-corrected chi connectivity index (χ4v) is 4.13. The fraction of sp³-hybridized carbons (Fsp3) is 0.571. The molecule has 6 heteroatoms. The van der Waals surface area contributed by atoms with Crippen molar-refractivity contribution in [3.05, 3.63) is 41.6 Å². The van der Waals surface area contributed by atoms with E-state index < -0.39 is 6.43 Å². The highest BCUT2D eigenvalue weighted by atomic mass is 19.3. The first-order valence-corrected chi connectivity index (χ1v) is 9.82. The van der Waals surface area contributed by atoms with Gasteiger partial charge in [0.2, 0.25) is 5.88 Å². The van der Waals surface area contributed by atoms with E-state index in [1.165, 1.54) is 25.0 Å². The molecule has 2 heterocycles. The number of hydrogen-bond acceptors (Lipinski definition) is 3. The van der Waals surface area contributed by atoms with Crippen LogP contribution in [0.4, 0.5) is 8.78 Å². The van der Waals surface area contributed by atoms with Gasteiger partial charge >= 0.3 is 0 Å². The van der Waals surface area contributed by atoms with Crippen LogP contribution < -0.4 is 10.1 Å². The minimum absolute atomic E-state index is 0.0232. The maximum Gasteiger partial charge on any atom is 0.263 e. The quantitative estimate of drug-likeness (QED) is 0.812. The average molecular weight is 375 g/mol. The number of nitrogens with one attached hydrogen (secondary N) is 1. The maximum atomic E-state index is 12.8. The first kappa shape index (κ1) is 18.4. The predicted molar refractivity (Wildman–Crippen MR) is 101 cm³/mol. The van der Waals surface area contributed by atoms with Gasteiger partial charge in [0.15, 0.2) is 0 Å². The molecule has 1 N–H and O–H groups in total. The molecule has 1 aromatic heterocycles. The molecular formula is C21H27F2N3O. The van der Waals surface area contributed by atoms with Crippen LogP contribution in [0, 0.1) is 5.41 Å². The van der Waals surface area contributed by atoms with E-state index in [-0.39, 0.29) is 17.6 Å². The summed E-state index contributed by atoms with van der Waals surface area (Å²) in [5, 5.41) is 8.02. The van der Waals surface area contributed by atoms with Crippen molar-refractivity contribution in [2.45, 2.75) is 58.0 Å². The van der Waals surface area contributed by atoms with Crippen molar-refractivity contribution in [1.82, 2.24) is 15.1 Å². The summed E-state index contributed by atoms with van der Waals surface area (Å²) in [6, 6.07) is 8.29. The van der Waals surface area contributed by atoms with E-state index in [0.717, 1.165) is 37.3 Å². The zero-order valence-corrected chi connectivity index (χ0v) is 15.9. The maximum absolute atomic E-state index is 12.8. The van der Waals surface area contributed by atoms with Crippen LogP contribution in [-0.4, -0.2) is 29.0 Å². The largest absolute Gasteiger partial charge is 0.473 e. The Morgan fingerprint density at radius 3 is 2.33 bits per heavy atom. The number of hydrogen-bond donors (Lipinski definition) is 1. The summed E-state index contributed by atoms with van der Waals surface area (Å²) in [5.41, 5.74) is 2.33. The molecule has 2 aromatic rings. The smallest absolute Gasteiger partial charge is 0.263 e. The van der Waals surface area contributed by atoms with Crippen molar-refractivity contribution in [3.63, 3.8) is 0 Å². The van der Waals surface area contributed by atoms with Crippen molar-refractivity contribution < 1.29 is 13.5 Å². The monoisotopic (exact) mass is 375 g/mol. The van der Waals surface area contributed by atoms with Crippen molar-refractivity contribution in [3.8, 4) is 11.6 Å². The molecular weight excluding hydrogens is 348 g/mol. The summed E-state index contributed by atoms with van der Waals surface area (Å²) in [4.78, 5) is 0. The fourth-order valence-electron chi connectivity index (χ4n) is 4.13. The van der Waals surface area contributed by atoms with E-state index in [9.17, 15) is 8.78 Å². The second kappa shape index (κ2) is 7.23. The SMILES string of the molecule is CC(C)c1cc(OC2CCC3(CC2)CNC3)nn1-c1ccc(C(F)F)cc1. The second-order valence-corrected chi connectivity index (χ2v) is 8.29. The highest BCUT2D eigenvalue weighted by Crippen LogP contribution is 2.40. The summed E-state index contributed by atoms with van der Waals surface area (Å²) in [6.07, 6.45) is 2.29. The molecule has 1 saturated heterocycles. The molecule has 1 saturated carbocycles. The van der Waals surface area contributed by atoms with Crippen LogP contribution in [0.25, 0.3) is 5.69 Å². The number of alkyl halides is 2. The molecule has 1 aromatic carbocycles. The Hall–Kier alpha value is -1.95. The molecule has 2 fully saturated rings. The molecule has 0 amide bonds. The molecule has 0 atom stereocenters. The highest BCUT2D eigenvalue weighted by molar-refractivity contribution is 5.38. The van der Waals surface area contributed by atoms with Crippen LogP contribution in [-0.2, 0) is 0 Å². The molecule has 0 radical (unpaired) electrons. The number of rotatable bonds is 5. The summed E-state index contributed by atoms with van der Waals surface area (Å²) < 4.78 is 33.6. The Labute approximate surface area is 158 Å². The average Bonchev–Trinajstić information content (AvgIpc) is 3.05. The van der Waals surface area contributed by atoms with Gasteiger partial charge in [0.05, 0.1) is 11.4 Å². The lowest BCUT2D eigenvalue weighted by Crippen LogP contribution is -2.55. The Morgan fingerprint density at radius 1 is 1.15 bits per heavy atom. The first-order valence-electron chi connectivity index (χ1n) is 9.82. The first-order chi connectivity index (χ1) is 13.0. The molecule has 0 bridgehead atoms. The second-order valence-electron chi connectivity index (χ2n) is 8.29. The van der Waals surface area contributed by atoms with E-state index >= 15 is 0 Å². The zero-order valence-electron chi connectivity index (χ0n) is 15.9. The van der Waals surface area contributed by atoms with E-state index in [4.69, 9.17) is 4.74 Å². The van der Waals surface area contributed by atoms with Crippen LogP contribution in [0.15, 0.2) is 30.3 Å². The Bertz CT molecular complexity index is 771. The number of aromatic nitrogens is 2. The van der Waals surface area contributed by atoms with Crippen molar-refractivity contribution in [2.24, 2.45) is 5.41 Å². The van der Waals surface area contributed by atoms with E-state index in [2.05, 4.69) is 24.3 Å². The van der Waals surface area contributed by atoms with E-state index in [1.54, 1.807) is 12.1 Å². The third-order valence-electron chi connectivity index (χ3n) is 5.98. The lowest BCUT2D eigenvalue weighted by atomic mass is 9.69. The minimum atomic E-state index is -2.46. The number of ether oxygens (including phenoxy) is 1. The van der Waals surface area contributed by atoms with E-state index in [0.29, 0.717) is 11.3 Å². The number of halogens is 2. The zero-order chi connectivity index (χ0) is 19.0. The van der Waals surface area contributed by atoms with Crippen molar-refractivity contribution in [2.75, 3.05) is 13.1 Å². The molecule has 1 aliphatic heterocycles. The van der Waals surface area contributed by atoms with Crippen LogP contribution >= 0.6 is 0 Å². The van der Waals surface area contributed by atoms with E-state index in [1.807, 2.05) is 10.7 Å². The summed E-state index contributed by atoms with van der Waals surface area (Å²) in [5.74, 6) is 0.879. The minimum Gasteiger partial charge on any atom is -0.473 e. The Morgan fingerprint density at radius 2 is 1.81 bits per heavy atom. The summed E-state index contributed by atoms with van der Waals surface area (Å²) in [7, 11) is 0. The van der Waals surface area contributed by atoms with Gasteiger partial charge in [0.1, 0.15) is 6.10 Å². The molecule has 2 aliphatic rings. The predicted octanol–water partition coefficient (Wildman–Crippen LogP) is 4.84. The number of nitrogens with zero attached hydrogens (tertiary/aromatic N) is 2. The summed E-state index contributed by atoms with van der Waals surface area (Å²) in [6.45, 7) is 6.47. The standard InChI is InChI=1S/C21H27F2N3O/c1-14(2)18-11-19(27-17-7-9-21(10-8-17)12-24-13-21)25-26(18)16-5-3-15(4-6-16)20(22)23/h3-6,11,14,17,20,24H,7-10,12-13H2,1-2H3. The van der Waals surface area contributed by atoms with Gasteiger partial charge in [-0.25, -0.2) is 13.5 Å². The summed E-state index contributed by atoms with van der Waals surface area (Å²) >= 11 is 0. The van der Waals surface area contributed by atoms with Gasteiger partial charge in [-0.2, -0.15) is 0 Å². The lowest BCUT2D eigenvalue weighted by Gasteiger charge is -2.47. The molecule has 4 rings (SSSR count). The highest BCUT2D eigenvalue weighted by Gasteiger charge is 2.40. The van der Waals surface area contributed by atoms with Gasteiger partial charge in [-0.3, -0.25) is 0 Å². The van der Waals surface area contributed by atoms with Gasteiger partial charge in [-0.15, -0.1) is 5.10 Å². The van der Waals surface area contributed by atoms with Gasteiger partial charge in [0, 0.05) is 24.7 Å². The van der Waals surface area contributed by atoms with Crippen molar-refractivity contribution in [1.29, 1.82) is 0 Å². The van der Waals surface area contributed by atoms with Gasteiger partial charge in [-0.1, -0.05) is 26.0 Å². The molecule has 0 unspecified atom stereocenters. The van der Waals surface area contributed by atoms with Crippen molar-refractivity contribution >= 4 is 0 Å². The Balaban J connectivity index is 1.50. The molecule has 27 heavy (non-hydrogen) atoms. The molecule has 4 nitrogen and oxygen atoms in total. The van der Waals surface area contributed by atoms with Crippen LogP contribution in [0.3, 0.4) is 0 Å². The Kier molecular flexibility index (Phi) is 4.93. The third kappa shape index (κ3) is 3.72. The van der Waals surface area contributed by atoms with Crippen LogP contribution in [0.5, 0.6) is 5.88 Å². The lowest BCUT2D eigenvalue weighted by molar-refractivity contribution is 0.0401. The topological polar surface area (TPSA) is 39.1 Å². The van der Waals surface area contributed by atoms with Crippen LogP contribution in [0.1, 0.15) is 63.1 Å². The number of benzene rings is 1. The molecule has 146 valence electrons. The van der Waals surface area contributed by atoms with Gasteiger partial charge in [-0.05, 0) is 49.1 Å². The third-order valence-corrected chi connectivity index (χ3v) is 5.98. The van der Waals surface area contributed by atoms with Gasteiger partial charge in [0.25, 0.3) is 6.43 Å². The normalized spacial score (nSPS) is 19.6.